The second-order valence-electron chi connectivity index (χ2n) is 4.06. The Bertz CT molecular complexity index is 483. The molecule has 0 fully saturated rings. The number of para-hydroxylation sites is 1. The Labute approximate surface area is 99.5 Å². The van der Waals surface area contributed by atoms with E-state index >= 15 is 0 Å². The van der Waals surface area contributed by atoms with Crippen molar-refractivity contribution in [3.05, 3.63) is 30.0 Å². The molecule has 17 heavy (non-hydrogen) atoms. The summed E-state index contributed by atoms with van der Waals surface area (Å²) >= 11 is 0. The van der Waals surface area contributed by atoms with E-state index in [1.54, 1.807) is 0 Å². The van der Waals surface area contributed by atoms with Crippen LogP contribution in [0.1, 0.15) is 18.2 Å². The van der Waals surface area contributed by atoms with Crippen LogP contribution in [0.5, 0.6) is 0 Å². The lowest BCUT2D eigenvalue weighted by atomic mass is 10.0. The topological polar surface area (TPSA) is 81.2 Å². The van der Waals surface area contributed by atoms with E-state index in [2.05, 4.69) is 15.5 Å². The maximum atomic E-state index is 10.1. The van der Waals surface area contributed by atoms with E-state index in [-0.39, 0.29) is 0 Å². The van der Waals surface area contributed by atoms with Crippen molar-refractivity contribution in [3.8, 4) is 0 Å². The Morgan fingerprint density at radius 3 is 2.88 bits per heavy atom. The number of aromatic amines is 1. The normalized spacial score (nSPS) is 15.0. The number of H-pyrrole nitrogens is 1. The minimum atomic E-state index is -0.934. The molecular formula is C12H17N3O2. The summed E-state index contributed by atoms with van der Waals surface area (Å²) in [6, 6.07) is 7.51. The SMILES string of the molecule is CNCCC(O)C(O)c1[nH]nc2ccccc12. The second-order valence-corrected chi connectivity index (χ2v) is 4.06. The Morgan fingerprint density at radius 2 is 2.12 bits per heavy atom. The van der Waals surface area contributed by atoms with Gasteiger partial charge in [-0.25, -0.2) is 0 Å². The third-order valence-corrected chi connectivity index (χ3v) is 2.84. The van der Waals surface area contributed by atoms with E-state index in [0.29, 0.717) is 18.7 Å². The first-order chi connectivity index (χ1) is 8.24. The highest BCUT2D eigenvalue weighted by atomic mass is 16.3. The molecule has 0 aliphatic carbocycles. The molecule has 2 atom stereocenters. The van der Waals surface area contributed by atoms with E-state index in [0.717, 1.165) is 10.9 Å². The molecule has 0 radical (unpaired) electrons. The summed E-state index contributed by atoms with van der Waals surface area (Å²) in [4.78, 5) is 0. The average molecular weight is 235 g/mol. The van der Waals surface area contributed by atoms with Crippen LogP contribution in [0.25, 0.3) is 10.9 Å². The number of fused-ring (bicyclic) bond motifs is 1. The first kappa shape index (κ1) is 12.0. The second kappa shape index (κ2) is 5.27. The molecule has 0 aliphatic heterocycles. The predicted molar refractivity (Wildman–Crippen MR) is 65.6 cm³/mol. The van der Waals surface area contributed by atoms with Crippen LogP contribution < -0.4 is 5.32 Å². The number of nitrogens with zero attached hydrogens (tertiary/aromatic N) is 1. The molecule has 5 heteroatoms. The number of rotatable bonds is 5. The minimum Gasteiger partial charge on any atom is -0.390 e. The molecule has 2 unspecified atom stereocenters. The van der Waals surface area contributed by atoms with Crippen LogP contribution in [-0.4, -0.2) is 40.1 Å². The summed E-state index contributed by atoms with van der Waals surface area (Å²) in [6.07, 6.45) is -1.24. The Kier molecular flexibility index (Phi) is 3.73. The van der Waals surface area contributed by atoms with E-state index in [1.807, 2.05) is 31.3 Å². The van der Waals surface area contributed by atoms with Crippen LogP contribution in [0.15, 0.2) is 24.3 Å². The fraction of sp³-hybridized carbons (Fsp3) is 0.417. The Balaban J connectivity index is 2.21. The van der Waals surface area contributed by atoms with Gasteiger partial charge in [-0.15, -0.1) is 0 Å². The third kappa shape index (κ3) is 2.46. The minimum absolute atomic E-state index is 0.491. The molecular weight excluding hydrogens is 218 g/mol. The highest BCUT2D eigenvalue weighted by Gasteiger charge is 2.21. The molecule has 2 rings (SSSR count). The molecule has 92 valence electrons. The summed E-state index contributed by atoms with van der Waals surface area (Å²) < 4.78 is 0. The maximum absolute atomic E-state index is 10.1. The molecule has 0 saturated carbocycles. The van der Waals surface area contributed by atoms with Gasteiger partial charge in [0.2, 0.25) is 0 Å². The summed E-state index contributed by atoms with van der Waals surface area (Å²) in [7, 11) is 1.81. The summed E-state index contributed by atoms with van der Waals surface area (Å²) in [5.74, 6) is 0. The molecule has 0 bridgehead atoms. The van der Waals surface area contributed by atoms with Crippen LogP contribution in [-0.2, 0) is 0 Å². The lowest BCUT2D eigenvalue weighted by molar-refractivity contribution is 0.0123. The fourth-order valence-corrected chi connectivity index (χ4v) is 1.85. The lowest BCUT2D eigenvalue weighted by Gasteiger charge is -2.16. The standard InChI is InChI=1S/C12H17N3O2/c1-13-7-6-10(16)12(17)11-8-4-2-3-5-9(8)14-15-11/h2-5,10,12-13,16-17H,6-7H2,1H3,(H,14,15). The van der Waals surface area contributed by atoms with Gasteiger partial charge in [-0.2, -0.15) is 5.10 Å². The summed E-state index contributed by atoms with van der Waals surface area (Å²) in [5, 5.41) is 30.6. The van der Waals surface area contributed by atoms with Crippen molar-refractivity contribution in [2.24, 2.45) is 0 Å². The van der Waals surface area contributed by atoms with Crippen molar-refractivity contribution < 1.29 is 10.2 Å². The van der Waals surface area contributed by atoms with Crippen LogP contribution in [0.2, 0.25) is 0 Å². The summed E-state index contributed by atoms with van der Waals surface area (Å²) in [5.41, 5.74) is 1.37. The summed E-state index contributed by atoms with van der Waals surface area (Å²) in [6.45, 7) is 0.657. The van der Waals surface area contributed by atoms with Gasteiger partial charge in [0.05, 0.1) is 17.3 Å². The van der Waals surface area contributed by atoms with Crippen molar-refractivity contribution in [2.45, 2.75) is 18.6 Å². The number of hydrogen-bond acceptors (Lipinski definition) is 4. The van der Waals surface area contributed by atoms with Crippen LogP contribution in [0.4, 0.5) is 0 Å². The van der Waals surface area contributed by atoms with E-state index in [1.165, 1.54) is 0 Å². The number of nitrogens with one attached hydrogen (secondary N) is 2. The zero-order valence-electron chi connectivity index (χ0n) is 9.72. The first-order valence-corrected chi connectivity index (χ1v) is 5.67. The van der Waals surface area contributed by atoms with Gasteiger partial charge in [-0.1, -0.05) is 18.2 Å². The molecule has 0 saturated heterocycles. The highest BCUT2D eigenvalue weighted by Crippen LogP contribution is 2.24. The Hall–Kier alpha value is -1.43. The van der Waals surface area contributed by atoms with Gasteiger partial charge in [0.25, 0.3) is 0 Å². The van der Waals surface area contributed by atoms with Crippen LogP contribution in [0.3, 0.4) is 0 Å². The van der Waals surface area contributed by atoms with Crippen molar-refractivity contribution in [1.29, 1.82) is 0 Å². The van der Waals surface area contributed by atoms with E-state index in [9.17, 15) is 10.2 Å². The molecule has 2 aromatic rings. The van der Waals surface area contributed by atoms with E-state index < -0.39 is 12.2 Å². The van der Waals surface area contributed by atoms with Crippen molar-refractivity contribution in [3.63, 3.8) is 0 Å². The largest absolute Gasteiger partial charge is 0.390 e. The molecule has 5 nitrogen and oxygen atoms in total. The highest BCUT2D eigenvalue weighted by molar-refractivity contribution is 5.81. The number of hydrogen-bond donors (Lipinski definition) is 4. The van der Waals surface area contributed by atoms with Gasteiger partial charge < -0.3 is 15.5 Å². The van der Waals surface area contributed by atoms with Crippen molar-refractivity contribution in [1.82, 2.24) is 15.5 Å². The van der Waals surface area contributed by atoms with Crippen molar-refractivity contribution >= 4 is 10.9 Å². The zero-order valence-corrected chi connectivity index (χ0v) is 9.72. The smallest absolute Gasteiger partial charge is 0.122 e. The van der Waals surface area contributed by atoms with Crippen LogP contribution in [0, 0.1) is 0 Å². The van der Waals surface area contributed by atoms with Gasteiger partial charge in [0.1, 0.15) is 6.10 Å². The number of benzene rings is 1. The molecule has 1 aromatic carbocycles. The third-order valence-electron chi connectivity index (χ3n) is 2.84. The van der Waals surface area contributed by atoms with Crippen LogP contribution >= 0.6 is 0 Å². The Morgan fingerprint density at radius 1 is 1.35 bits per heavy atom. The lowest BCUT2D eigenvalue weighted by Crippen LogP contribution is -2.23. The fourth-order valence-electron chi connectivity index (χ4n) is 1.85. The molecule has 0 aliphatic rings. The van der Waals surface area contributed by atoms with Gasteiger partial charge in [0, 0.05) is 5.39 Å². The molecule has 1 aromatic heterocycles. The van der Waals surface area contributed by atoms with Gasteiger partial charge in [-0.3, -0.25) is 5.10 Å². The monoisotopic (exact) mass is 235 g/mol. The van der Waals surface area contributed by atoms with Crippen molar-refractivity contribution in [2.75, 3.05) is 13.6 Å². The van der Waals surface area contributed by atoms with Gasteiger partial charge >= 0.3 is 0 Å². The van der Waals surface area contributed by atoms with Gasteiger partial charge in [-0.05, 0) is 26.1 Å². The molecule has 0 spiro atoms. The quantitative estimate of drug-likeness (QED) is 0.610. The molecule has 4 N–H and O–H groups in total. The number of aliphatic hydroxyl groups excluding tert-OH is 2. The predicted octanol–water partition coefficient (Wildman–Crippen LogP) is 0.567. The molecule has 0 amide bonds. The maximum Gasteiger partial charge on any atom is 0.122 e. The van der Waals surface area contributed by atoms with E-state index in [4.69, 9.17) is 0 Å². The molecule has 1 heterocycles. The number of aliphatic hydroxyl groups is 2. The average Bonchev–Trinajstić information content (AvgIpc) is 2.78. The number of aromatic nitrogens is 2. The van der Waals surface area contributed by atoms with Gasteiger partial charge in [0.15, 0.2) is 0 Å². The first-order valence-electron chi connectivity index (χ1n) is 5.67. The zero-order chi connectivity index (χ0) is 12.3.